The van der Waals surface area contributed by atoms with Gasteiger partial charge in [0.2, 0.25) is 5.91 Å². The first-order chi connectivity index (χ1) is 18.8. The molecule has 0 spiro atoms. The van der Waals surface area contributed by atoms with Crippen LogP contribution in [-0.4, -0.2) is 51.3 Å². The van der Waals surface area contributed by atoms with E-state index < -0.39 is 17.8 Å². The molecule has 1 fully saturated rings. The molecule has 8 nitrogen and oxygen atoms in total. The molecular weight excluding hydrogens is 534 g/mol. The van der Waals surface area contributed by atoms with Crippen molar-refractivity contribution in [2.24, 2.45) is 0 Å². The summed E-state index contributed by atoms with van der Waals surface area (Å²) < 4.78 is 55.9. The number of aromatic nitrogens is 4. The van der Waals surface area contributed by atoms with Crippen LogP contribution >= 0.6 is 11.3 Å². The Labute approximate surface area is 223 Å². The average Bonchev–Trinajstić information content (AvgIpc) is 3.60. The van der Waals surface area contributed by atoms with E-state index in [-0.39, 0.29) is 18.3 Å². The third kappa shape index (κ3) is 4.90. The molecule has 0 radical (unpaired) electrons. The molecule has 0 unspecified atom stereocenters. The summed E-state index contributed by atoms with van der Waals surface area (Å²) in [7, 11) is 0. The van der Waals surface area contributed by atoms with E-state index in [2.05, 4.69) is 25.7 Å². The number of benzene rings is 2. The van der Waals surface area contributed by atoms with Gasteiger partial charge in [-0.1, -0.05) is 6.07 Å². The first kappa shape index (κ1) is 25.2. The van der Waals surface area contributed by atoms with Gasteiger partial charge in [-0.25, -0.2) is 19.0 Å². The molecule has 1 aliphatic rings. The van der Waals surface area contributed by atoms with Crippen LogP contribution in [-0.2, 0) is 17.5 Å². The SMILES string of the molecule is O=C(NCc1ccc2sccc2c1F)[C@@H]1CN(c2ncnc3nn(-c4ccc(C(F)(F)F)cc4)cc23)CCN1. The maximum Gasteiger partial charge on any atom is 0.416 e. The number of carbonyl (C=O) groups is 1. The first-order valence-electron chi connectivity index (χ1n) is 12.1. The maximum absolute atomic E-state index is 14.8. The number of thiophene rings is 1. The molecule has 2 N–H and O–H groups in total. The maximum atomic E-state index is 14.8. The van der Waals surface area contributed by atoms with Gasteiger partial charge in [0.25, 0.3) is 0 Å². The Balaban J connectivity index is 1.18. The predicted octanol–water partition coefficient (Wildman–Crippen LogP) is 4.28. The van der Waals surface area contributed by atoms with Gasteiger partial charge in [-0.3, -0.25) is 4.79 Å². The minimum atomic E-state index is -4.43. The first-order valence-corrected chi connectivity index (χ1v) is 12.9. The number of nitrogens with one attached hydrogen (secondary N) is 2. The Morgan fingerprint density at radius 3 is 2.72 bits per heavy atom. The van der Waals surface area contributed by atoms with Crippen molar-refractivity contribution in [3.05, 3.63) is 77.3 Å². The number of carbonyl (C=O) groups excluding carboxylic acids is 1. The lowest BCUT2D eigenvalue weighted by atomic mass is 10.1. The van der Waals surface area contributed by atoms with E-state index in [0.29, 0.717) is 53.1 Å². The van der Waals surface area contributed by atoms with Crippen molar-refractivity contribution >= 4 is 44.2 Å². The third-order valence-corrected chi connectivity index (χ3v) is 7.53. The second-order valence-electron chi connectivity index (χ2n) is 9.09. The second kappa shape index (κ2) is 9.89. The van der Waals surface area contributed by atoms with Gasteiger partial charge in [-0.15, -0.1) is 16.4 Å². The van der Waals surface area contributed by atoms with Gasteiger partial charge in [0.1, 0.15) is 24.0 Å². The van der Waals surface area contributed by atoms with Crippen molar-refractivity contribution in [3.8, 4) is 5.69 Å². The highest BCUT2D eigenvalue weighted by Crippen LogP contribution is 2.30. The molecule has 5 aromatic rings. The number of rotatable bonds is 5. The van der Waals surface area contributed by atoms with Crippen molar-refractivity contribution in [2.75, 3.05) is 24.5 Å². The third-order valence-electron chi connectivity index (χ3n) is 6.65. The van der Waals surface area contributed by atoms with Gasteiger partial charge >= 0.3 is 6.18 Å². The number of hydrogen-bond donors (Lipinski definition) is 2. The van der Waals surface area contributed by atoms with Gasteiger partial charge in [0.05, 0.1) is 16.6 Å². The summed E-state index contributed by atoms with van der Waals surface area (Å²) in [4.78, 5) is 23.5. The number of piperazine rings is 1. The lowest BCUT2D eigenvalue weighted by Crippen LogP contribution is -2.57. The van der Waals surface area contributed by atoms with E-state index in [1.165, 1.54) is 34.5 Å². The van der Waals surface area contributed by atoms with E-state index in [4.69, 9.17) is 0 Å². The minimum Gasteiger partial charge on any atom is -0.353 e. The Bertz CT molecular complexity index is 1660. The van der Waals surface area contributed by atoms with Crippen LogP contribution < -0.4 is 15.5 Å². The Hall–Kier alpha value is -4.10. The number of fused-ring (bicyclic) bond motifs is 2. The van der Waals surface area contributed by atoms with Crippen LogP contribution in [0.25, 0.3) is 26.8 Å². The van der Waals surface area contributed by atoms with Crippen molar-refractivity contribution in [3.63, 3.8) is 0 Å². The number of hydrogen-bond acceptors (Lipinski definition) is 7. The fourth-order valence-electron chi connectivity index (χ4n) is 4.63. The average molecular weight is 556 g/mol. The fourth-order valence-corrected chi connectivity index (χ4v) is 5.41. The highest BCUT2D eigenvalue weighted by Gasteiger charge is 2.30. The molecule has 1 aliphatic heterocycles. The van der Waals surface area contributed by atoms with Gasteiger partial charge in [0, 0.05) is 48.0 Å². The van der Waals surface area contributed by atoms with Gasteiger partial charge in [-0.2, -0.15) is 13.2 Å². The van der Waals surface area contributed by atoms with Crippen molar-refractivity contribution in [2.45, 2.75) is 18.8 Å². The summed E-state index contributed by atoms with van der Waals surface area (Å²) >= 11 is 1.46. The van der Waals surface area contributed by atoms with Crippen LogP contribution in [0, 0.1) is 5.82 Å². The fraction of sp³-hybridized carbons (Fsp3) is 0.231. The monoisotopic (exact) mass is 555 g/mol. The van der Waals surface area contributed by atoms with Crippen LogP contribution in [0.5, 0.6) is 0 Å². The molecule has 6 rings (SSSR count). The zero-order chi connectivity index (χ0) is 27.1. The highest BCUT2D eigenvalue weighted by molar-refractivity contribution is 7.17. The molecule has 0 aliphatic carbocycles. The topological polar surface area (TPSA) is 88.0 Å². The molecule has 3 aromatic heterocycles. The zero-order valence-corrected chi connectivity index (χ0v) is 21.1. The van der Waals surface area contributed by atoms with Crippen molar-refractivity contribution in [1.29, 1.82) is 0 Å². The van der Waals surface area contributed by atoms with Gasteiger partial charge in [-0.05, 0) is 41.8 Å². The molecule has 1 saturated heterocycles. The number of halogens is 4. The predicted molar refractivity (Wildman–Crippen MR) is 139 cm³/mol. The number of nitrogens with zero attached hydrogens (tertiary/aromatic N) is 5. The number of alkyl halides is 3. The quantitative estimate of drug-likeness (QED) is 0.315. The standard InChI is InChI=1S/C26H21F4N7OS/c27-22-15(1-6-21-18(22)7-10-39-21)11-32-25(38)20-13-36(9-8-31-20)24-19-12-37(35-23(19)33-14-34-24)17-4-2-16(3-5-17)26(28,29)30/h1-7,10,12,14,20,31H,8-9,11,13H2,(H,32,38)/t20-/m0/s1. The molecule has 200 valence electrons. The van der Waals surface area contributed by atoms with Gasteiger partial charge < -0.3 is 15.5 Å². The van der Waals surface area contributed by atoms with E-state index in [1.807, 2.05) is 16.3 Å². The summed E-state index contributed by atoms with van der Waals surface area (Å²) in [6.07, 6.45) is -1.40. The molecule has 1 amide bonds. The summed E-state index contributed by atoms with van der Waals surface area (Å²) in [5, 5.41) is 13.4. The lowest BCUT2D eigenvalue weighted by Gasteiger charge is -2.33. The molecule has 0 saturated carbocycles. The van der Waals surface area contributed by atoms with Crippen LogP contribution in [0.2, 0.25) is 0 Å². The summed E-state index contributed by atoms with van der Waals surface area (Å²) in [6.45, 7) is 1.43. The van der Waals surface area contributed by atoms with Crippen LogP contribution in [0.15, 0.2) is 60.4 Å². The van der Waals surface area contributed by atoms with Crippen molar-refractivity contribution < 1.29 is 22.4 Å². The number of anilines is 1. The van der Waals surface area contributed by atoms with Crippen LogP contribution in [0.3, 0.4) is 0 Å². The highest BCUT2D eigenvalue weighted by atomic mass is 32.1. The van der Waals surface area contributed by atoms with E-state index >= 15 is 0 Å². The summed E-state index contributed by atoms with van der Waals surface area (Å²) in [5.74, 6) is -0.0394. The molecule has 1 atom stereocenters. The molecule has 0 bridgehead atoms. The van der Waals surface area contributed by atoms with Gasteiger partial charge in [0.15, 0.2) is 5.65 Å². The molecule has 39 heavy (non-hydrogen) atoms. The Kier molecular flexibility index (Phi) is 6.39. The van der Waals surface area contributed by atoms with E-state index in [0.717, 1.165) is 16.8 Å². The lowest BCUT2D eigenvalue weighted by molar-refractivity contribution is -0.137. The second-order valence-corrected chi connectivity index (χ2v) is 10.0. The molecule has 2 aromatic carbocycles. The summed E-state index contributed by atoms with van der Waals surface area (Å²) in [6, 6.07) is 9.36. The summed E-state index contributed by atoms with van der Waals surface area (Å²) in [5.41, 5.74) is 0.481. The smallest absolute Gasteiger partial charge is 0.353 e. The zero-order valence-electron chi connectivity index (χ0n) is 20.2. The van der Waals surface area contributed by atoms with Crippen molar-refractivity contribution in [1.82, 2.24) is 30.4 Å². The Morgan fingerprint density at radius 2 is 1.92 bits per heavy atom. The van der Waals surface area contributed by atoms with Crippen LogP contribution in [0.1, 0.15) is 11.1 Å². The van der Waals surface area contributed by atoms with Crippen LogP contribution in [0.4, 0.5) is 23.4 Å². The molecule has 13 heteroatoms. The largest absolute Gasteiger partial charge is 0.416 e. The van der Waals surface area contributed by atoms with E-state index in [1.54, 1.807) is 18.3 Å². The van der Waals surface area contributed by atoms with E-state index in [9.17, 15) is 22.4 Å². The Morgan fingerprint density at radius 1 is 1.10 bits per heavy atom. The minimum absolute atomic E-state index is 0.0618. The molecular formula is C26H21F4N7OS. The number of amides is 1. The normalized spacial score (nSPS) is 16.2. The molecule has 4 heterocycles.